The SMILES string of the molecule is NC12ON1CCS2. The van der Waals surface area contributed by atoms with Gasteiger partial charge in [0.05, 0.1) is 0 Å². The summed E-state index contributed by atoms with van der Waals surface area (Å²) in [6, 6.07) is 0. The molecule has 0 aromatic carbocycles. The Labute approximate surface area is 45.7 Å². The third kappa shape index (κ3) is 0.423. The van der Waals surface area contributed by atoms with Crippen molar-refractivity contribution < 1.29 is 4.84 Å². The van der Waals surface area contributed by atoms with E-state index in [0.29, 0.717) is 0 Å². The molecule has 0 radical (unpaired) electrons. The lowest BCUT2D eigenvalue weighted by atomic mass is 10.8. The van der Waals surface area contributed by atoms with E-state index in [2.05, 4.69) is 0 Å². The Bertz CT molecular complexity index is 107. The summed E-state index contributed by atoms with van der Waals surface area (Å²) in [6.07, 6.45) is 0. The van der Waals surface area contributed by atoms with Gasteiger partial charge in [0.15, 0.2) is 0 Å². The van der Waals surface area contributed by atoms with E-state index in [4.69, 9.17) is 10.6 Å². The van der Waals surface area contributed by atoms with E-state index in [-0.39, 0.29) is 5.18 Å². The fourth-order valence-corrected chi connectivity index (χ4v) is 1.64. The Morgan fingerprint density at radius 1 is 1.86 bits per heavy atom. The summed E-state index contributed by atoms with van der Waals surface area (Å²) in [5.41, 5.74) is 5.52. The summed E-state index contributed by atoms with van der Waals surface area (Å²) in [7, 11) is 0. The first kappa shape index (κ1) is 4.14. The minimum absolute atomic E-state index is 0.389. The largest absolute Gasteiger partial charge is 0.278 e. The van der Waals surface area contributed by atoms with E-state index >= 15 is 0 Å². The highest BCUT2D eigenvalue weighted by molar-refractivity contribution is 8.00. The predicted octanol–water partition coefficient (Wildman–Crippen LogP) is -0.450. The number of hydrogen-bond donors (Lipinski definition) is 1. The zero-order chi connectivity index (χ0) is 4.91. The first-order valence-corrected chi connectivity index (χ1v) is 3.19. The van der Waals surface area contributed by atoms with E-state index in [0.717, 1.165) is 12.3 Å². The van der Waals surface area contributed by atoms with Crippen molar-refractivity contribution in [2.24, 2.45) is 5.73 Å². The average Bonchev–Trinajstić information content (AvgIpc) is 2.09. The molecule has 2 unspecified atom stereocenters. The Morgan fingerprint density at radius 3 is 2.86 bits per heavy atom. The third-order valence-electron chi connectivity index (χ3n) is 1.16. The molecule has 2 rings (SSSR count). The van der Waals surface area contributed by atoms with Crippen LogP contribution >= 0.6 is 11.8 Å². The normalized spacial score (nSPS) is 57.0. The lowest BCUT2D eigenvalue weighted by molar-refractivity contribution is 0.204. The zero-order valence-corrected chi connectivity index (χ0v) is 4.57. The van der Waals surface area contributed by atoms with Crippen LogP contribution in [-0.4, -0.2) is 22.5 Å². The van der Waals surface area contributed by atoms with E-state index < -0.39 is 0 Å². The van der Waals surface area contributed by atoms with Crippen LogP contribution in [0.1, 0.15) is 0 Å². The molecule has 3 nitrogen and oxygen atoms in total. The fourth-order valence-electron chi connectivity index (χ4n) is 0.712. The van der Waals surface area contributed by atoms with Crippen molar-refractivity contribution in [1.29, 1.82) is 0 Å². The van der Waals surface area contributed by atoms with Gasteiger partial charge in [-0.1, -0.05) is 11.8 Å². The highest BCUT2D eigenvalue weighted by Crippen LogP contribution is 2.44. The van der Waals surface area contributed by atoms with Crippen molar-refractivity contribution in [1.82, 2.24) is 5.06 Å². The summed E-state index contributed by atoms with van der Waals surface area (Å²) in [5.74, 6) is 1.11. The number of hydrogen-bond acceptors (Lipinski definition) is 4. The molecule has 7 heavy (non-hydrogen) atoms. The van der Waals surface area contributed by atoms with E-state index in [1.807, 2.05) is 0 Å². The molecule has 2 saturated heterocycles. The lowest BCUT2D eigenvalue weighted by Gasteiger charge is -1.89. The zero-order valence-electron chi connectivity index (χ0n) is 3.76. The number of thioether (sulfide) groups is 1. The molecule has 2 aliphatic rings. The summed E-state index contributed by atoms with van der Waals surface area (Å²) < 4.78 is 0. The highest BCUT2D eigenvalue weighted by Gasteiger charge is 2.56. The molecule has 0 aromatic rings. The molecule has 2 heterocycles. The van der Waals surface area contributed by atoms with Gasteiger partial charge in [-0.05, 0) is 0 Å². The molecule has 4 heteroatoms. The van der Waals surface area contributed by atoms with Gasteiger partial charge in [-0.3, -0.25) is 5.73 Å². The van der Waals surface area contributed by atoms with Gasteiger partial charge in [-0.2, -0.15) is 0 Å². The van der Waals surface area contributed by atoms with Crippen molar-refractivity contribution in [2.45, 2.75) is 5.18 Å². The predicted molar refractivity (Wildman–Crippen MR) is 27.2 cm³/mol. The highest BCUT2D eigenvalue weighted by atomic mass is 32.2. The Kier molecular flexibility index (Phi) is 0.576. The minimum atomic E-state index is -0.389. The van der Waals surface area contributed by atoms with Crippen molar-refractivity contribution >= 4 is 11.8 Å². The van der Waals surface area contributed by atoms with Gasteiger partial charge < -0.3 is 0 Å². The van der Waals surface area contributed by atoms with Crippen LogP contribution in [-0.2, 0) is 4.84 Å². The number of nitrogens with zero attached hydrogens (tertiary/aromatic N) is 1. The van der Waals surface area contributed by atoms with Gasteiger partial charge in [0.25, 0.3) is 5.18 Å². The van der Waals surface area contributed by atoms with Crippen molar-refractivity contribution in [2.75, 3.05) is 12.3 Å². The molecule has 0 saturated carbocycles. The average molecular weight is 118 g/mol. The fraction of sp³-hybridized carbons (Fsp3) is 1.00. The molecular weight excluding hydrogens is 112 g/mol. The first-order chi connectivity index (χ1) is 3.31. The molecule has 0 bridgehead atoms. The monoisotopic (exact) mass is 118 g/mol. The molecule has 40 valence electrons. The number of fused-ring (bicyclic) bond motifs is 1. The summed E-state index contributed by atoms with van der Waals surface area (Å²) in [6.45, 7) is 0.987. The van der Waals surface area contributed by atoms with Crippen LogP contribution in [0.25, 0.3) is 0 Å². The maximum atomic E-state index is 5.52. The van der Waals surface area contributed by atoms with Crippen LogP contribution in [0.2, 0.25) is 0 Å². The Morgan fingerprint density at radius 2 is 2.71 bits per heavy atom. The molecule has 0 aromatic heterocycles. The molecule has 2 atom stereocenters. The van der Waals surface area contributed by atoms with Gasteiger partial charge in [-0.25, -0.2) is 4.84 Å². The molecular formula is C3H6N2OS. The van der Waals surface area contributed by atoms with Crippen LogP contribution in [0.3, 0.4) is 0 Å². The third-order valence-corrected chi connectivity index (χ3v) is 2.24. The van der Waals surface area contributed by atoms with Crippen molar-refractivity contribution in [3.8, 4) is 0 Å². The Hall–Kier alpha value is 0.230. The molecule has 2 N–H and O–H groups in total. The summed E-state index contributed by atoms with van der Waals surface area (Å²) in [4.78, 5) is 4.91. The van der Waals surface area contributed by atoms with E-state index in [1.54, 1.807) is 16.8 Å². The Balaban J connectivity index is 2.17. The van der Waals surface area contributed by atoms with E-state index in [1.165, 1.54) is 0 Å². The second-order valence-corrected chi connectivity index (χ2v) is 2.95. The van der Waals surface area contributed by atoms with Gasteiger partial charge in [0.1, 0.15) is 0 Å². The standard InChI is InChI=1S/C3H6N2OS/c4-3-5(6-3)1-2-7-3/h1-2,4H2. The number of hydroxylamine groups is 2. The smallest absolute Gasteiger partial charge is 0.265 e. The van der Waals surface area contributed by atoms with Crippen LogP contribution in [0.4, 0.5) is 0 Å². The van der Waals surface area contributed by atoms with Crippen LogP contribution in [0, 0.1) is 0 Å². The van der Waals surface area contributed by atoms with E-state index in [9.17, 15) is 0 Å². The second-order valence-electron chi connectivity index (χ2n) is 1.67. The molecule has 0 spiro atoms. The first-order valence-electron chi connectivity index (χ1n) is 2.21. The molecule has 2 fully saturated rings. The second kappa shape index (κ2) is 0.974. The van der Waals surface area contributed by atoms with Crippen molar-refractivity contribution in [3.05, 3.63) is 0 Å². The van der Waals surface area contributed by atoms with Crippen LogP contribution in [0.5, 0.6) is 0 Å². The topological polar surface area (TPSA) is 41.6 Å². The summed E-state index contributed by atoms with van der Waals surface area (Å²) >= 11 is 1.66. The maximum Gasteiger partial charge on any atom is 0.265 e. The summed E-state index contributed by atoms with van der Waals surface area (Å²) in [5, 5.41) is 1.40. The van der Waals surface area contributed by atoms with Gasteiger partial charge in [0, 0.05) is 12.3 Å². The van der Waals surface area contributed by atoms with Gasteiger partial charge in [0.2, 0.25) is 0 Å². The lowest BCUT2D eigenvalue weighted by Crippen LogP contribution is -2.19. The molecule has 2 aliphatic heterocycles. The molecule has 0 amide bonds. The number of rotatable bonds is 0. The van der Waals surface area contributed by atoms with Crippen LogP contribution < -0.4 is 5.73 Å². The minimum Gasteiger partial charge on any atom is -0.278 e. The van der Waals surface area contributed by atoms with Gasteiger partial charge in [-0.15, -0.1) is 5.06 Å². The van der Waals surface area contributed by atoms with Crippen LogP contribution in [0.15, 0.2) is 0 Å². The number of nitrogens with two attached hydrogens (primary N) is 1. The quantitative estimate of drug-likeness (QED) is 0.437. The molecule has 0 aliphatic carbocycles. The van der Waals surface area contributed by atoms with Gasteiger partial charge >= 0.3 is 0 Å². The maximum absolute atomic E-state index is 5.52. The van der Waals surface area contributed by atoms with Crippen molar-refractivity contribution in [3.63, 3.8) is 0 Å².